The van der Waals surface area contributed by atoms with Gasteiger partial charge in [0.2, 0.25) is 0 Å². The van der Waals surface area contributed by atoms with Gasteiger partial charge < -0.3 is 15.0 Å². The lowest BCUT2D eigenvalue weighted by atomic mass is 10.0. The van der Waals surface area contributed by atoms with Gasteiger partial charge in [0.15, 0.2) is 0 Å². The van der Waals surface area contributed by atoms with Crippen LogP contribution in [0.1, 0.15) is 32.6 Å². The minimum absolute atomic E-state index is 0.152. The summed E-state index contributed by atoms with van der Waals surface area (Å²) >= 11 is 0. The van der Waals surface area contributed by atoms with E-state index >= 15 is 0 Å². The summed E-state index contributed by atoms with van der Waals surface area (Å²) in [6, 6.07) is 0.906. The summed E-state index contributed by atoms with van der Waals surface area (Å²) in [5.74, 6) is 0.152. The number of carbonyl (C=O) groups excluding carboxylic acids is 1. The maximum absolute atomic E-state index is 12.1. The van der Waals surface area contributed by atoms with Gasteiger partial charge in [-0.2, -0.15) is 0 Å². The Balaban J connectivity index is 1.99. The summed E-state index contributed by atoms with van der Waals surface area (Å²) < 4.78 is 5.12. The van der Waals surface area contributed by atoms with E-state index in [1.807, 2.05) is 11.8 Å². The van der Waals surface area contributed by atoms with Crippen molar-refractivity contribution in [2.75, 3.05) is 20.2 Å². The number of hydrogen-bond donors (Lipinski definition) is 1. The van der Waals surface area contributed by atoms with Crippen molar-refractivity contribution in [3.8, 4) is 0 Å². The number of likely N-dealkylation sites (tertiary alicyclic amines) is 1. The fourth-order valence-corrected chi connectivity index (χ4v) is 2.86. The molecule has 4 nitrogen and oxygen atoms in total. The highest BCUT2D eigenvalue weighted by Gasteiger charge is 2.37. The Morgan fingerprint density at radius 2 is 2.25 bits per heavy atom. The first kappa shape index (κ1) is 11.9. The molecular weight excluding hydrogens is 204 g/mol. The van der Waals surface area contributed by atoms with Crippen LogP contribution in [0.3, 0.4) is 0 Å². The van der Waals surface area contributed by atoms with Gasteiger partial charge in [0, 0.05) is 25.7 Å². The molecule has 3 unspecified atom stereocenters. The molecule has 4 heteroatoms. The summed E-state index contributed by atoms with van der Waals surface area (Å²) in [6.45, 7) is 3.83. The van der Waals surface area contributed by atoms with Crippen LogP contribution in [0.5, 0.6) is 0 Å². The summed E-state index contributed by atoms with van der Waals surface area (Å²) in [5.41, 5.74) is 0. The molecule has 92 valence electrons. The number of nitrogens with zero attached hydrogens (tertiary/aromatic N) is 1. The molecule has 0 aliphatic carbocycles. The molecule has 2 saturated heterocycles. The molecule has 0 saturated carbocycles. The molecule has 16 heavy (non-hydrogen) atoms. The lowest BCUT2D eigenvalue weighted by Crippen LogP contribution is -2.49. The normalized spacial score (nSPS) is 32.0. The molecule has 0 spiro atoms. The zero-order chi connectivity index (χ0) is 11.5. The monoisotopic (exact) mass is 226 g/mol. The minimum atomic E-state index is -0.304. The van der Waals surface area contributed by atoms with Crippen LogP contribution in [0.25, 0.3) is 0 Å². The smallest absolute Gasteiger partial charge is 0.251 e. The topological polar surface area (TPSA) is 41.6 Å². The van der Waals surface area contributed by atoms with Gasteiger partial charge in [-0.1, -0.05) is 0 Å². The van der Waals surface area contributed by atoms with Gasteiger partial charge in [-0.25, -0.2) is 0 Å². The van der Waals surface area contributed by atoms with Crippen molar-refractivity contribution in [3.05, 3.63) is 0 Å². The van der Waals surface area contributed by atoms with Crippen molar-refractivity contribution in [1.82, 2.24) is 10.2 Å². The Bertz CT molecular complexity index is 251. The highest BCUT2D eigenvalue weighted by atomic mass is 16.5. The average molecular weight is 226 g/mol. The van der Waals surface area contributed by atoms with E-state index in [1.54, 1.807) is 7.11 Å². The van der Waals surface area contributed by atoms with Gasteiger partial charge in [-0.3, -0.25) is 4.79 Å². The van der Waals surface area contributed by atoms with E-state index in [1.165, 1.54) is 12.8 Å². The third kappa shape index (κ3) is 2.23. The molecule has 0 bridgehead atoms. The van der Waals surface area contributed by atoms with Gasteiger partial charge in [-0.05, 0) is 39.2 Å². The molecule has 0 aromatic rings. The Kier molecular flexibility index (Phi) is 3.82. The fourth-order valence-electron chi connectivity index (χ4n) is 2.86. The number of methoxy groups -OCH3 is 1. The van der Waals surface area contributed by atoms with Crippen molar-refractivity contribution in [3.63, 3.8) is 0 Å². The van der Waals surface area contributed by atoms with Crippen molar-refractivity contribution in [2.45, 2.75) is 50.8 Å². The fraction of sp³-hybridized carbons (Fsp3) is 0.917. The second-order valence-corrected chi connectivity index (χ2v) is 4.82. The summed E-state index contributed by atoms with van der Waals surface area (Å²) in [7, 11) is 1.60. The quantitative estimate of drug-likeness (QED) is 0.772. The molecule has 0 radical (unpaired) electrons. The molecule has 2 aliphatic rings. The Morgan fingerprint density at radius 3 is 2.88 bits per heavy atom. The first-order valence-electron chi connectivity index (χ1n) is 6.30. The second kappa shape index (κ2) is 5.15. The largest absolute Gasteiger partial charge is 0.372 e. The predicted octanol–water partition coefficient (Wildman–Crippen LogP) is 0.764. The Labute approximate surface area is 97.3 Å². The third-order valence-electron chi connectivity index (χ3n) is 3.85. The van der Waals surface area contributed by atoms with Gasteiger partial charge in [0.1, 0.15) is 6.10 Å². The summed E-state index contributed by atoms with van der Waals surface area (Å²) in [5, 5.41) is 3.51. The van der Waals surface area contributed by atoms with Crippen molar-refractivity contribution >= 4 is 5.91 Å². The van der Waals surface area contributed by atoms with E-state index in [2.05, 4.69) is 5.32 Å². The van der Waals surface area contributed by atoms with Gasteiger partial charge in [-0.15, -0.1) is 0 Å². The zero-order valence-corrected chi connectivity index (χ0v) is 10.2. The highest BCUT2D eigenvalue weighted by Crippen LogP contribution is 2.25. The summed E-state index contributed by atoms with van der Waals surface area (Å²) in [4.78, 5) is 14.1. The van der Waals surface area contributed by atoms with Crippen LogP contribution in [0.2, 0.25) is 0 Å². The number of carbonyl (C=O) groups is 1. The van der Waals surface area contributed by atoms with Gasteiger partial charge in [0.05, 0.1) is 0 Å². The van der Waals surface area contributed by atoms with E-state index in [0.717, 1.165) is 25.9 Å². The van der Waals surface area contributed by atoms with Crippen LogP contribution in [0, 0.1) is 0 Å². The van der Waals surface area contributed by atoms with Crippen LogP contribution in [0.4, 0.5) is 0 Å². The molecular formula is C12H22N2O2. The number of nitrogens with one attached hydrogen (secondary N) is 1. The third-order valence-corrected chi connectivity index (χ3v) is 3.85. The van der Waals surface area contributed by atoms with E-state index in [-0.39, 0.29) is 12.0 Å². The molecule has 2 aliphatic heterocycles. The maximum Gasteiger partial charge on any atom is 0.251 e. The van der Waals surface area contributed by atoms with Crippen LogP contribution in [0.15, 0.2) is 0 Å². The number of ether oxygens (including phenoxy) is 1. The number of rotatable bonds is 3. The minimum Gasteiger partial charge on any atom is -0.372 e. The molecule has 2 rings (SSSR count). The Hall–Kier alpha value is -0.610. The van der Waals surface area contributed by atoms with Crippen LogP contribution >= 0.6 is 0 Å². The molecule has 2 fully saturated rings. The lowest BCUT2D eigenvalue weighted by Gasteiger charge is -2.31. The SMILES string of the molecule is COC(C)C(=O)N1CCCC1C1CCCN1. The van der Waals surface area contributed by atoms with Crippen molar-refractivity contribution in [2.24, 2.45) is 0 Å². The average Bonchev–Trinajstić information content (AvgIpc) is 2.95. The maximum atomic E-state index is 12.1. The van der Waals surface area contributed by atoms with E-state index in [4.69, 9.17) is 4.74 Å². The molecule has 1 amide bonds. The van der Waals surface area contributed by atoms with Crippen molar-refractivity contribution < 1.29 is 9.53 Å². The standard InChI is InChI=1S/C12H22N2O2/c1-9(16-2)12(15)14-8-4-6-11(14)10-5-3-7-13-10/h9-11,13H,3-8H2,1-2H3. The van der Waals surface area contributed by atoms with Crippen LogP contribution < -0.4 is 5.32 Å². The van der Waals surface area contributed by atoms with Gasteiger partial charge >= 0.3 is 0 Å². The van der Waals surface area contributed by atoms with E-state index < -0.39 is 0 Å². The molecule has 1 N–H and O–H groups in total. The van der Waals surface area contributed by atoms with E-state index in [9.17, 15) is 4.79 Å². The zero-order valence-electron chi connectivity index (χ0n) is 10.2. The first-order chi connectivity index (χ1) is 7.74. The molecule has 2 heterocycles. The van der Waals surface area contributed by atoms with Crippen LogP contribution in [-0.4, -0.2) is 49.2 Å². The van der Waals surface area contributed by atoms with Crippen molar-refractivity contribution in [1.29, 1.82) is 0 Å². The lowest BCUT2D eigenvalue weighted by molar-refractivity contribution is -0.142. The number of amides is 1. The first-order valence-corrected chi connectivity index (χ1v) is 6.30. The number of hydrogen-bond acceptors (Lipinski definition) is 3. The van der Waals surface area contributed by atoms with E-state index in [0.29, 0.717) is 12.1 Å². The molecule has 0 aromatic carbocycles. The van der Waals surface area contributed by atoms with Gasteiger partial charge in [0.25, 0.3) is 5.91 Å². The van der Waals surface area contributed by atoms with Crippen LogP contribution in [-0.2, 0) is 9.53 Å². The Morgan fingerprint density at radius 1 is 1.44 bits per heavy atom. The molecule has 0 aromatic heterocycles. The highest BCUT2D eigenvalue weighted by molar-refractivity contribution is 5.81. The summed E-state index contributed by atoms with van der Waals surface area (Å²) in [6.07, 6.45) is 4.41. The second-order valence-electron chi connectivity index (χ2n) is 4.82. The predicted molar refractivity (Wildman–Crippen MR) is 62.2 cm³/mol. The molecule has 3 atom stereocenters.